The Morgan fingerprint density at radius 3 is 2.29 bits per heavy atom. The molecule has 1 N–H and O–H groups in total. The van der Waals surface area contributed by atoms with E-state index >= 15 is 0 Å². The second kappa shape index (κ2) is 10.7. The highest BCUT2D eigenvalue weighted by Crippen LogP contribution is 2.28. The number of likely N-dealkylation sites (N-methyl/N-ethyl adjacent to an activating group) is 1. The second-order valence-corrected chi connectivity index (χ2v) is 8.21. The SMILES string of the molecule is CC[C@@H](C(=O)NC)N(Cc1c(Cl)cccc1Cl)C(=O)CCc1cccc2ccccc12. The van der Waals surface area contributed by atoms with E-state index in [9.17, 15) is 9.59 Å². The van der Waals surface area contributed by atoms with Crippen LogP contribution in [0.4, 0.5) is 0 Å². The van der Waals surface area contributed by atoms with Crippen molar-refractivity contribution >= 4 is 45.8 Å². The number of nitrogens with zero attached hydrogens (tertiary/aromatic N) is 1. The van der Waals surface area contributed by atoms with Gasteiger partial charge in [0.1, 0.15) is 6.04 Å². The van der Waals surface area contributed by atoms with Crippen molar-refractivity contribution in [2.45, 2.75) is 38.8 Å². The first-order chi connectivity index (χ1) is 15.0. The van der Waals surface area contributed by atoms with Crippen LogP contribution < -0.4 is 5.32 Å². The average molecular weight is 457 g/mol. The molecule has 3 aromatic carbocycles. The van der Waals surface area contributed by atoms with Crippen LogP contribution in [0, 0.1) is 0 Å². The number of fused-ring (bicyclic) bond motifs is 1. The maximum absolute atomic E-state index is 13.4. The van der Waals surface area contributed by atoms with Crippen LogP contribution in [0.2, 0.25) is 10.0 Å². The molecule has 0 unspecified atom stereocenters. The van der Waals surface area contributed by atoms with Crippen molar-refractivity contribution < 1.29 is 9.59 Å². The number of rotatable bonds is 8. The van der Waals surface area contributed by atoms with E-state index in [0.717, 1.165) is 16.3 Å². The summed E-state index contributed by atoms with van der Waals surface area (Å²) in [6.45, 7) is 2.07. The van der Waals surface area contributed by atoms with Crippen molar-refractivity contribution in [3.8, 4) is 0 Å². The Bertz CT molecular complexity index is 1060. The summed E-state index contributed by atoms with van der Waals surface area (Å²) in [5.74, 6) is -0.316. The fourth-order valence-corrected chi connectivity index (χ4v) is 4.35. The van der Waals surface area contributed by atoms with Gasteiger partial charge in [0.15, 0.2) is 0 Å². The van der Waals surface area contributed by atoms with E-state index in [1.54, 1.807) is 30.1 Å². The van der Waals surface area contributed by atoms with Gasteiger partial charge in [-0.25, -0.2) is 0 Å². The smallest absolute Gasteiger partial charge is 0.242 e. The highest BCUT2D eigenvalue weighted by molar-refractivity contribution is 6.36. The van der Waals surface area contributed by atoms with Gasteiger partial charge in [0.25, 0.3) is 0 Å². The summed E-state index contributed by atoms with van der Waals surface area (Å²) >= 11 is 12.7. The van der Waals surface area contributed by atoms with Gasteiger partial charge >= 0.3 is 0 Å². The highest BCUT2D eigenvalue weighted by Gasteiger charge is 2.29. The minimum atomic E-state index is -0.600. The first kappa shape index (κ1) is 23.1. The number of carbonyl (C=O) groups is 2. The molecule has 0 saturated heterocycles. The van der Waals surface area contributed by atoms with Gasteiger partial charge in [-0.2, -0.15) is 0 Å². The fourth-order valence-electron chi connectivity index (χ4n) is 3.84. The van der Waals surface area contributed by atoms with Crippen molar-refractivity contribution in [1.82, 2.24) is 10.2 Å². The lowest BCUT2D eigenvalue weighted by Gasteiger charge is -2.31. The normalized spacial score (nSPS) is 11.9. The summed E-state index contributed by atoms with van der Waals surface area (Å²) in [4.78, 5) is 27.5. The molecule has 3 aromatic rings. The van der Waals surface area contributed by atoms with Gasteiger partial charge in [-0.3, -0.25) is 9.59 Å². The van der Waals surface area contributed by atoms with E-state index in [0.29, 0.717) is 28.5 Å². The third-order valence-corrected chi connectivity index (χ3v) is 6.22. The van der Waals surface area contributed by atoms with Crippen molar-refractivity contribution in [1.29, 1.82) is 0 Å². The van der Waals surface area contributed by atoms with E-state index in [2.05, 4.69) is 23.5 Å². The fraction of sp³-hybridized carbons (Fsp3) is 0.280. The molecular formula is C25H26Cl2N2O2. The van der Waals surface area contributed by atoms with Crippen LogP contribution in [0.25, 0.3) is 10.8 Å². The number of aryl methyl sites for hydroxylation is 1. The molecule has 0 aromatic heterocycles. The van der Waals surface area contributed by atoms with E-state index < -0.39 is 6.04 Å². The number of amides is 2. The van der Waals surface area contributed by atoms with E-state index in [1.165, 1.54) is 0 Å². The minimum Gasteiger partial charge on any atom is -0.357 e. The third kappa shape index (κ3) is 5.38. The summed E-state index contributed by atoms with van der Waals surface area (Å²) in [6.07, 6.45) is 1.35. The zero-order valence-corrected chi connectivity index (χ0v) is 19.2. The average Bonchev–Trinajstić information content (AvgIpc) is 2.78. The monoisotopic (exact) mass is 456 g/mol. The first-order valence-electron chi connectivity index (χ1n) is 10.4. The maximum atomic E-state index is 13.4. The van der Waals surface area contributed by atoms with Gasteiger partial charge in [0.05, 0.1) is 0 Å². The summed E-state index contributed by atoms with van der Waals surface area (Å²) < 4.78 is 0. The molecule has 2 amide bonds. The molecular weight excluding hydrogens is 431 g/mol. The molecule has 0 bridgehead atoms. The Labute approximate surface area is 193 Å². The van der Waals surface area contributed by atoms with Crippen LogP contribution in [-0.4, -0.2) is 29.8 Å². The van der Waals surface area contributed by atoms with Crippen molar-refractivity contribution in [2.75, 3.05) is 7.05 Å². The lowest BCUT2D eigenvalue weighted by molar-refractivity contribution is -0.141. The molecule has 0 fully saturated rings. The summed E-state index contributed by atoms with van der Waals surface area (Å²) in [6, 6.07) is 18.9. The molecule has 0 saturated carbocycles. The largest absolute Gasteiger partial charge is 0.357 e. The Hall–Kier alpha value is -2.56. The molecule has 4 nitrogen and oxygen atoms in total. The Morgan fingerprint density at radius 1 is 0.968 bits per heavy atom. The zero-order chi connectivity index (χ0) is 22.4. The predicted molar refractivity (Wildman–Crippen MR) is 127 cm³/mol. The molecule has 6 heteroatoms. The molecule has 0 aliphatic rings. The summed E-state index contributed by atoms with van der Waals surface area (Å²) in [5, 5.41) is 5.90. The number of halogens is 2. The van der Waals surface area contributed by atoms with Gasteiger partial charge in [-0.1, -0.05) is 78.7 Å². The lowest BCUT2D eigenvalue weighted by Crippen LogP contribution is -2.48. The second-order valence-electron chi connectivity index (χ2n) is 7.40. The van der Waals surface area contributed by atoms with Gasteiger partial charge in [-0.05, 0) is 41.3 Å². The van der Waals surface area contributed by atoms with Crippen molar-refractivity contribution in [3.63, 3.8) is 0 Å². The quantitative estimate of drug-likeness (QED) is 0.477. The number of hydrogen-bond acceptors (Lipinski definition) is 2. The summed E-state index contributed by atoms with van der Waals surface area (Å²) in [5.41, 5.74) is 1.75. The Morgan fingerprint density at radius 2 is 1.61 bits per heavy atom. The maximum Gasteiger partial charge on any atom is 0.242 e. The minimum absolute atomic E-state index is 0.112. The highest BCUT2D eigenvalue weighted by atomic mass is 35.5. The van der Waals surface area contributed by atoms with Crippen molar-refractivity contribution in [2.24, 2.45) is 0 Å². The standard InChI is InChI=1S/C25H26Cl2N2O2/c1-3-23(25(31)28-2)29(16-20-21(26)12-7-13-22(20)27)24(30)15-14-18-10-6-9-17-8-4-5-11-19(17)18/h4-13,23H,3,14-16H2,1-2H3,(H,28,31)/t23-/m0/s1. The van der Waals surface area contributed by atoms with E-state index in [4.69, 9.17) is 23.2 Å². The van der Waals surface area contributed by atoms with Gasteiger partial charge in [0, 0.05) is 35.6 Å². The Kier molecular flexibility index (Phi) is 7.94. The van der Waals surface area contributed by atoms with Gasteiger partial charge in [-0.15, -0.1) is 0 Å². The Balaban J connectivity index is 1.87. The molecule has 0 spiro atoms. The van der Waals surface area contributed by atoms with Gasteiger partial charge < -0.3 is 10.2 Å². The topological polar surface area (TPSA) is 49.4 Å². The van der Waals surface area contributed by atoms with Crippen LogP contribution in [0.15, 0.2) is 60.7 Å². The third-order valence-electron chi connectivity index (χ3n) is 5.51. The van der Waals surface area contributed by atoms with Crippen LogP contribution in [-0.2, 0) is 22.6 Å². The zero-order valence-electron chi connectivity index (χ0n) is 17.7. The molecule has 1 atom stereocenters. The number of hydrogen-bond donors (Lipinski definition) is 1. The van der Waals surface area contributed by atoms with Crippen LogP contribution in [0.5, 0.6) is 0 Å². The molecule has 0 heterocycles. The van der Waals surface area contributed by atoms with E-state index in [1.807, 2.05) is 31.2 Å². The molecule has 162 valence electrons. The molecule has 0 radical (unpaired) electrons. The molecule has 0 aliphatic carbocycles. The van der Waals surface area contributed by atoms with Crippen LogP contribution in [0.1, 0.15) is 30.9 Å². The lowest BCUT2D eigenvalue weighted by atomic mass is 10.00. The van der Waals surface area contributed by atoms with Crippen LogP contribution >= 0.6 is 23.2 Å². The van der Waals surface area contributed by atoms with E-state index in [-0.39, 0.29) is 24.8 Å². The number of benzene rings is 3. The number of nitrogens with one attached hydrogen (secondary N) is 1. The molecule has 3 rings (SSSR count). The molecule has 0 aliphatic heterocycles. The predicted octanol–water partition coefficient (Wildman–Crippen LogP) is 5.63. The number of carbonyl (C=O) groups excluding carboxylic acids is 2. The van der Waals surface area contributed by atoms with Gasteiger partial charge in [0.2, 0.25) is 11.8 Å². The molecule has 31 heavy (non-hydrogen) atoms. The summed E-state index contributed by atoms with van der Waals surface area (Å²) in [7, 11) is 1.58. The van der Waals surface area contributed by atoms with Crippen molar-refractivity contribution in [3.05, 3.63) is 81.8 Å². The first-order valence-corrected chi connectivity index (χ1v) is 11.1. The van der Waals surface area contributed by atoms with Crippen LogP contribution in [0.3, 0.4) is 0 Å².